The van der Waals surface area contributed by atoms with Crippen molar-refractivity contribution in [3.8, 4) is 0 Å². The van der Waals surface area contributed by atoms with Crippen molar-refractivity contribution in [1.82, 2.24) is 0 Å². The second-order valence-corrected chi connectivity index (χ2v) is 7.00. The van der Waals surface area contributed by atoms with Crippen molar-refractivity contribution in [2.75, 3.05) is 5.32 Å². The Bertz CT molecular complexity index is 1070. The summed E-state index contributed by atoms with van der Waals surface area (Å²) in [6.45, 7) is 1.21. The highest BCUT2D eigenvalue weighted by Crippen LogP contribution is 2.20. The lowest BCUT2D eigenvalue weighted by molar-refractivity contribution is -0.384. The number of nitro groups is 1. The van der Waals surface area contributed by atoms with Crippen LogP contribution in [0.5, 0.6) is 0 Å². The molecule has 12 heteroatoms. The van der Waals surface area contributed by atoms with E-state index in [1.54, 1.807) is 0 Å². The number of benzene rings is 2. The Hall–Kier alpha value is -3.64. The lowest BCUT2D eigenvalue weighted by atomic mass is 10.2. The first-order valence-electron chi connectivity index (χ1n) is 7.58. The molecule has 0 unspecified atom stereocenters. The van der Waals surface area contributed by atoms with Gasteiger partial charge < -0.3 is 10.4 Å². The Kier molecular flexibility index (Phi) is 6.18. The Labute approximate surface area is 159 Å². The van der Waals surface area contributed by atoms with Crippen LogP contribution in [0.1, 0.15) is 6.92 Å². The smallest absolute Gasteiger partial charge is 0.279 e. The van der Waals surface area contributed by atoms with E-state index in [9.17, 15) is 28.4 Å². The fourth-order valence-corrected chi connectivity index (χ4v) is 2.50. The number of nitro benzene ring substituents is 1. The molecule has 2 rings (SSSR count). The molecule has 4 N–H and O–H groups in total. The molecule has 0 bridgehead atoms. The summed E-state index contributed by atoms with van der Waals surface area (Å²) in [4.78, 5) is 22.3. The van der Waals surface area contributed by atoms with E-state index >= 15 is 0 Å². The first-order valence-corrected chi connectivity index (χ1v) is 9.13. The number of hydrogen-bond donors (Lipinski definition) is 3. The van der Waals surface area contributed by atoms with Gasteiger partial charge in [0.05, 0.1) is 15.5 Å². The second-order valence-electron chi connectivity index (χ2n) is 5.43. The Balaban J connectivity index is 2.20. The molecule has 2 aromatic carbocycles. The van der Waals surface area contributed by atoms with Crippen LogP contribution in [0, 0.1) is 10.1 Å². The van der Waals surface area contributed by atoms with Gasteiger partial charge in [-0.15, -0.1) is 5.11 Å². The topological polar surface area (TPSA) is 177 Å². The molecule has 1 amide bonds. The number of primary sulfonamides is 1. The van der Waals surface area contributed by atoms with E-state index in [-0.39, 0.29) is 22.0 Å². The van der Waals surface area contributed by atoms with E-state index in [4.69, 9.17) is 5.14 Å². The third-order valence-corrected chi connectivity index (χ3v) is 4.23. The average molecular weight is 405 g/mol. The number of allylic oxidation sites excluding steroid dienone is 1. The van der Waals surface area contributed by atoms with Gasteiger partial charge in [0.1, 0.15) is 5.76 Å². The third-order valence-electron chi connectivity index (χ3n) is 3.30. The van der Waals surface area contributed by atoms with Gasteiger partial charge in [-0.1, -0.05) is 6.07 Å². The highest BCUT2D eigenvalue weighted by Gasteiger charge is 2.15. The number of azo groups is 1. The Morgan fingerprint density at radius 2 is 1.86 bits per heavy atom. The van der Waals surface area contributed by atoms with Crippen molar-refractivity contribution in [1.29, 1.82) is 0 Å². The summed E-state index contributed by atoms with van der Waals surface area (Å²) in [6, 6.07) is 10.3. The van der Waals surface area contributed by atoms with Crippen LogP contribution in [0.25, 0.3) is 0 Å². The summed E-state index contributed by atoms with van der Waals surface area (Å²) in [5.74, 6) is -1.28. The number of sulfonamides is 1. The van der Waals surface area contributed by atoms with Crippen LogP contribution in [0.2, 0.25) is 0 Å². The summed E-state index contributed by atoms with van der Waals surface area (Å²) in [6.07, 6.45) is 0. The van der Waals surface area contributed by atoms with Crippen molar-refractivity contribution >= 4 is 33.0 Å². The van der Waals surface area contributed by atoms with Gasteiger partial charge in [0.2, 0.25) is 10.0 Å². The van der Waals surface area contributed by atoms with Gasteiger partial charge >= 0.3 is 0 Å². The Morgan fingerprint density at radius 1 is 1.21 bits per heavy atom. The maximum atomic E-state index is 12.3. The second kappa shape index (κ2) is 8.37. The number of aliphatic hydroxyl groups is 1. The van der Waals surface area contributed by atoms with E-state index in [0.717, 1.165) is 6.07 Å². The molecule has 0 heterocycles. The van der Waals surface area contributed by atoms with Crippen LogP contribution >= 0.6 is 0 Å². The monoisotopic (exact) mass is 405 g/mol. The third kappa shape index (κ3) is 5.43. The van der Waals surface area contributed by atoms with Gasteiger partial charge in [-0.3, -0.25) is 14.9 Å². The number of anilines is 1. The average Bonchev–Trinajstić information content (AvgIpc) is 2.61. The zero-order valence-electron chi connectivity index (χ0n) is 14.4. The molecule has 0 radical (unpaired) electrons. The number of nitrogens with one attached hydrogen (secondary N) is 1. The van der Waals surface area contributed by atoms with Crippen molar-refractivity contribution in [2.45, 2.75) is 11.8 Å². The number of nitrogens with zero attached hydrogens (tertiary/aromatic N) is 3. The predicted molar refractivity (Wildman–Crippen MR) is 99.4 cm³/mol. The molecule has 0 aliphatic heterocycles. The molecule has 0 atom stereocenters. The van der Waals surface area contributed by atoms with Gasteiger partial charge in [-0.2, -0.15) is 5.11 Å². The fraction of sp³-hybridized carbons (Fsp3) is 0.0625. The van der Waals surface area contributed by atoms with Gasteiger partial charge in [0, 0.05) is 17.8 Å². The number of rotatable bonds is 6. The molecular weight excluding hydrogens is 390 g/mol. The van der Waals surface area contributed by atoms with Crippen molar-refractivity contribution < 1.29 is 23.2 Å². The molecule has 0 saturated heterocycles. The maximum absolute atomic E-state index is 12.3. The zero-order valence-corrected chi connectivity index (χ0v) is 15.3. The van der Waals surface area contributed by atoms with E-state index in [2.05, 4.69) is 15.5 Å². The molecule has 11 nitrogen and oxygen atoms in total. The number of carbonyl (C=O) groups excluding carboxylic acids is 1. The summed E-state index contributed by atoms with van der Waals surface area (Å²) < 4.78 is 22.4. The summed E-state index contributed by atoms with van der Waals surface area (Å²) >= 11 is 0. The molecule has 28 heavy (non-hydrogen) atoms. The molecular formula is C16H15N5O6S. The largest absolute Gasteiger partial charge is 0.510 e. The zero-order chi connectivity index (χ0) is 20.9. The fourth-order valence-electron chi connectivity index (χ4n) is 1.98. The van der Waals surface area contributed by atoms with Crippen LogP contribution in [0.3, 0.4) is 0 Å². The normalized spacial score (nSPS) is 12.5. The standard InChI is InChI=1S/C16H15N5O6S/c1-10(22)15(16(23)18-12-3-2-4-13(9-12)21(24)25)20-19-11-5-7-14(8-6-11)28(17,26)27/h2-9,22H,1H3,(H,18,23)(H2,17,26,27). The minimum absolute atomic E-state index is 0.121. The SMILES string of the molecule is CC(O)=C(N=Nc1ccc(S(N)(=O)=O)cc1)C(=O)Nc1cccc([N+](=O)[O-])c1. The van der Waals surface area contributed by atoms with E-state index in [1.807, 2.05) is 0 Å². The summed E-state index contributed by atoms with van der Waals surface area (Å²) in [5.41, 5.74) is -0.317. The van der Waals surface area contributed by atoms with Crippen LogP contribution in [0.4, 0.5) is 17.1 Å². The number of hydrogen-bond acceptors (Lipinski definition) is 8. The molecule has 2 aromatic rings. The van der Waals surface area contributed by atoms with Crippen molar-refractivity contribution in [3.63, 3.8) is 0 Å². The van der Waals surface area contributed by atoms with E-state index < -0.39 is 32.3 Å². The lowest BCUT2D eigenvalue weighted by Crippen LogP contribution is -2.14. The number of non-ortho nitro benzene ring substituents is 1. The predicted octanol–water partition coefficient (Wildman–Crippen LogP) is 2.75. The van der Waals surface area contributed by atoms with Gasteiger partial charge in [-0.25, -0.2) is 13.6 Å². The quantitative estimate of drug-likeness (QED) is 0.219. The number of nitrogens with two attached hydrogens (primary N) is 1. The van der Waals surface area contributed by atoms with Gasteiger partial charge in [-0.05, 0) is 37.3 Å². The van der Waals surface area contributed by atoms with Crippen LogP contribution in [-0.2, 0) is 14.8 Å². The molecule has 0 saturated carbocycles. The van der Waals surface area contributed by atoms with Gasteiger partial charge in [0.15, 0.2) is 5.70 Å². The lowest BCUT2D eigenvalue weighted by Gasteiger charge is -2.05. The molecule has 146 valence electrons. The molecule has 0 aliphatic rings. The van der Waals surface area contributed by atoms with Crippen molar-refractivity contribution in [2.24, 2.45) is 15.4 Å². The number of aliphatic hydroxyl groups excluding tert-OH is 1. The first-order chi connectivity index (χ1) is 13.1. The maximum Gasteiger partial charge on any atom is 0.279 e. The molecule has 0 spiro atoms. The molecule has 0 fully saturated rings. The van der Waals surface area contributed by atoms with Crippen LogP contribution in [-0.4, -0.2) is 24.4 Å². The number of amides is 1. The van der Waals surface area contributed by atoms with Crippen LogP contribution in [0.15, 0.2) is 75.1 Å². The summed E-state index contributed by atoms with van der Waals surface area (Å²) in [5, 5.41) is 35.3. The highest BCUT2D eigenvalue weighted by atomic mass is 32.2. The highest BCUT2D eigenvalue weighted by molar-refractivity contribution is 7.89. The van der Waals surface area contributed by atoms with E-state index in [0.29, 0.717) is 0 Å². The summed E-state index contributed by atoms with van der Waals surface area (Å²) in [7, 11) is -3.86. The Morgan fingerprint density at radius 3 is 2.39 bits per heavy atom. The molecule has 0 aromatic heterocycles. The minimum atomic E-state index is -3.86. The van der Waals surface area contributed by atoms with Crippen LogP contribution < -0.4 is 10.5 Å². The minimum Gasteiger partial charge on any atom is -0.510 e. The van der Waals surface area contributed by atoms with Crippen molar-refractivity contribution in [3.05, 3.63) is 70.1 Å². The van der Waals surface area contributed by atoms with E-state index in [1.165, 1.54) is 49.4 Å². The molecule has 0 aliphatic carbocycles. The number of carbonyl (C=O) groups is 1. The first kappa shape index (κ1) is 20.7. The van der Waals surface area contributed by atoms with Gasteiger partial charge in [0.25, 0.3) is 11.6 Å².